The maximum Gasteiger partial charge on any atom is 0.261 e. The first-order valence-electron chi connectivity index (χ1n) is 9.94. The summed E-state index contributed by atoms with van der Waals surface area (Å²) in [6.07, 6.45) is 0. The van der Waals surface area contributed by atoms with Crippen molar-refractivity contribution in [3.8, 4) is 0 Å². The van der Waals surface area contributed by atoms with Crippen molar-refractivity contribution in [3.63, 3.8) is 0 Å². The molecular weight excluding hydrogens is 473 g/mol. The summed E-state index contributed by atoms with van der Waals surface area (Å²) in [6.45, 7) is 3.53. The van der Waals surface area contributed by atoms with E-state index in [1.165, 1.54) is 53.4 Å². The van der Waals surface area contributed by atoms with Gasteiger partial charge in [0.25, 0.3) is 15.9 Å². The highest BCUT2D eigenvalue weighted by Crippen LogP contribution is 2.23. The van der Waals surface area contributed by atoms with Crippen LogP contribution in [0.5, 0.6) is 0 Å². The molecule has 1 amide bonds. The molecule has 2 heterocycles. The van der Waals surface area contributed by atoms with E-state index in [0.717, 1.165) is 24.0 Å². The fourth-order valence-corrected chi connectivity index (χ4v) is 5.65. The first-order valence-corrected chi connectivity index (χ1v) is 12.6. The summed E-state index contributed by atoms with van der Waals surface area (Å²) in [7, 11) is -3.84. The third-order valence-corrected chi connectivity index (χ3v) is 7.79. The van der Waals surface area contributed by atoms with Gasteiger partial charge in [0.1, 0.15) is 5.82 Å². The molecule has 0 aliphatic carbocycles. The highest BCUT2D eigenvalue weighted by atomic mass is 35.5. The van der Waals surface area contributed by atoms with Crippen molar-refractivity contribution >= 4 is 44.6 Å². The molecule has 32 heavy (non-hydrogen) atoms. The molecule has 0 unspecified atom stereocenters. The number of halogens is 2. The predicted octanol–water partition coefficient (Wildman–Crippen LogP) is 4.30. The molecule has 168 valence electrons. The van der Waals surface area contributed by atoms with Gasteiger partial charge >= 0.3 is 0 Å². The number of amides is 1. The lowest BCUT2D eigenvalue weighted by molar-refractivity contribution is 0.0629. The number of rotatable bonds is 6. The molecule has 4 rings (SSSR count). The molecule has 1 aromatic heterocycles. The number of benzene rings is 2. The van der Waals surface area contributed by atoms with Crippen molar-refractivity contribution in [2.24, 2.45) is 0 Å². The third kappa shape index (κ3) is 5.47. The van der Waals surface area contributed by atoms with Crippen LogP contribution in [0.4, 0.5) is 10.1 Å². The molecular formula is C22H21ClFN3O3S2. The van der Waals surface area contributed by atoms with Gasteiger partial charge in [0.05, 0.1) is 9.23 Å². The monoisotopic (exact) mass is 493 g/mol. The zero-order valence-electron chi connectivity index (χ0n) is 17.0. The predicted molar refractivity (Wildman–Crippen MR) is 124 cm³/mol. The van der Waals surface area contributed by atoms with Crippen LogP contribution >= 0.6 is 22.9 Å². The van der Waals surface area contributed by atoms with Crippen molar-refractivity contribution < 1.29 is 17.6 Å². The molecule has 2 aromatic carbocycles. The van der Waals surface area contributed by atoms with Crippen LogP contribution in [-0.4, -0.2) is 50.3 Å². The van der Waals surface area contributed by atoms with Crippen molar-refractivity contribution in [1.29, 1.82) is 0 Å². The molecule has 1 fully saturated rings. The minimum atomic E-state index is -3.84. The van der Waals surface area contributed by atoms with Gasteiger partial charge < -0.3 is 4.90 Å². The second-order valence-electron chi connectivity index (χ2n) is 7.41. The van der Waals surface area contributed by atoms with Gasteiger partial charge in [0.2, 0.25) is 0 Å². The number of thiophene rings is 1. The average molecular weight is 494 g/mol. The topological polar surface area (TPSA) is 69.7 Å². The van der Waals surface area contributed by atoms with Crippen LogP contribution in [0.2, 0.25) is 4.34 Å². The van der Waals surface area contributed by atoms with Crippen LogP contribution < -0.4 is 4.72 Å². The summed E-state index contributed by atoms with van der Waals surface area (Å²) in [5.41, 5.74) is 0.693. The van der Waals surface area contributed by atoms with E-state index in [2.05, 4.69) is 9.62 Å². The summed E-state index contributed by atoms with van der Waals surface area (Å²) in [5, 5.41) is 0. The molecule has 0 atom stereocenters. The lowest BCUT2D eigenvalue weighted by Gasteiger charge is -2.34. The summed E-state index contributed by atoms with van der Waals surface area (Å²) < 4.78 is 41.3. The van der Waals surface area contributed by atoms with Gasteiger partial charge in [0.15, 0.2) is 0 Å². The van der Waals surface area contributed by atoms with Crippen molar-refractivity contribution in [2.75, 3.05) is 30.9 Å². The second kappa shape index (κ2) is 9.58. The lowest BCUT2D eigenvalue weighted by Crippen LogP contribution is -2.48. The van der Waals surface area contributed by atoms with Crippen LogP contribution in [0, 0.1) is 5.82 Å². The number of piperazine rings is 1. The van der Waals surface area contributed by atoms with Crippen molar-refractivity contribution in [1.82, 2.24) is 9.80 Å². The Hall–Kier alpha value is -2.46. The van der Waals surface area contributed by atoms with Gasteiger partial charge in [-0.05, 0) is 60.7 Å². The zero-order chi connectivity index (χ0) is 22.7. The number of nitrogens with zero attached hydrogens (tertiary/aromatic N) is 2. The fraction of sp³-hybridized carbons (Fsp3) is 0.227. The van der Waals surface area contributed by atoms with E-state index < -0.39 is 15.8 Å². The molecule has 0 radical (unpaired) electrons. The molecule has 3 aromatic rings. The molecule has 1 aliphatic rings. The Balaban J connectivity index is 1.35. The molecule has 0 spiro atoms. The molecule has 6 nitrogen and oxygen atoms in total. The van der Waals surface area contributed by atoms with Gasteiger partial charge in [-0.3, -0.25) is 14.4 Å². The van der Waals surface area contributed by atoms with Crippen LogP contribution in [0.25, 0.3) is 0 Å². The standard InChI is InChI=1S/C22H21ClFN3O3S2/c23-21-10-7-19(31-21)15-26-11-13-27(14-12-26)22(28)16-1-8-20(9-2-16)32(29,30)25-18-5-3-17(24)4-6-18/h1-10,25H,11-15H2. The summed E-state index contributed by atoms with van der Waals surface area (Å²) >= 11 is 7.55. The van der Waals surface area contributed by atoms with E-state index in [4.69, 9.17) is 11.6 Å². The maximum absolute atomic E-state index is 13.0. The van der Waals surface area contributed by atoms with E-state index in [-0.39, 0.29) is 16.5 Å². The third-order valence-electron chi connectivity index (χ3n) is 5.18. The number of hydrogen-bond donors (Lipinski definition) is 1. The van der Waals surface area contributed by atoms with Crippen LogP contribution in [0.3, 0.4) is 0 Å². The number of carbonyl (C=O) groups excluding carboxylic acids is 1. The first-order chi connectivity index (χ1) is 15.3. The van der Waals surface area contributed by atoms with E-state index in [1.807, 2.05) is 12.1 Å². The van der Waals surface area contributed by atoms with Gasteiger partial charge in [-0.25, -0.2) is 12.8 Å². The Morgan fingerprint density at radius 1 is 0.969 bits per heavy atom. The normalized spacial score (nSPS) is 15.0. The number of nitrogens with one attached hydrogen (secondary N) is 1. The van der Waals surface area contributed by atoms with Crippen LogP contribution in [0.1, 0.15) is 15.2 Å². The largest absolute Gasteiger partial charge is 0.336 e. The lowest BCUT2D eigenvalue weighted by atomic mass is 10.2. The number of hydrogen-bond acceptors (Lipinski definition) is 5. The second-order valence-corrected chi connectivity index (χ2v) is 10.9. The molecule has 0 bridgehead atoms. The highest BCUT2D eigenvalue weighted by Gasteiger charge is 2.23. The summed E-state index contributed by atoms with van der Waals surface area (Å²) in [6, 6.07) is 14.8. The fourth-order valence-electron chi connectivity index (χ4n) is 3.46. The molecule has 1 aliphatic heterocycles. The Bertz CT molecular complexity index is 1190. The van der Waals surface area contributed by atoms with Crippen LogP contribution in [0.15, 0.2) is 65.6 Å². The SMILES string of the molecule is O=C(c1ccc(S(=O)(=O)Nc2ccc(F)cc2)cc1)N1CCN(Cc2ccc(Cl)s2)CC1. The molecule has 0 saturated carbocycles. The Kier molecular flexibility index (Phi) is 6.80. The maximum atomic E-state index is 13.0. The minimum Gasteiger partial charge on any atom is -0.336 e. The van der Waals surface area contributed by atoms with Gasteiger partial charge in [-0.1, -0.05) is 11.6 Å². The molecule has 1 saturated heterocycles. The Labute approximate surface area is 195 Å². The zero-order valence-corrected chi connectivity index (χ0v) is 19.4. The molecule has 10 heteroatoms. The molecule has 1 N–H and O–H groups in total. The van der Waals surface area contributed by atoms with Crippen LogP contribution in [-0.2, 0) is 16.6 Å². The summed E-state index contributed by atoms with van der Waals surface area (Å²) in [4.78, 5) is 18.1. The average Bonchev–Trinajstić information content (AvgIpc) is 3.20. The van der Waals surface area contributed by atoms with E-state index in [1.54, 1.807) is 16.2 Å². The first kappa shape index (κ1) is 22.7. The number of carbonyl (C=O) groups is 1. The van der Waals surface area contributed by atoms with E-state index in [0.29, 0.717) is 18.7 Å². The smallest absolute Gasteiger partial charge is 0.261 e. The highest BCUT2D eigenvalue weighted by molar-refractivity contribution is 7.92. The van der Waals surface area contributed by atoms with Crippen molar-refractivity contribution in [3.05, 3.63) is 81.3 Å². The minimum absolute atomic E-state index is 0.0257. The van der Waals surface area contributed by atoms with Gasteiger partial charge in [0, 0.05) is 48.9 Å². The van der Waals surface area contributed by atoms with E-state index >= 15 is 0 Å². The summed E-state index contributed by atoms with van der Waals surface area (Å²) in [5.74, 6) is -0.577. The number of sulfonamides is 1. The van der Waals surface area contributed by atoms with Gasteiger partial charge in [-0.15, -0.1) is 11.3 Å². The van der Waals surface area contributed by atoms with Gasteiger partial charge in [-0.2, -0.15) is 0 Å². The Morgan fingerprint density at radius 3 is 2.22 bits per heavy atom. The van der Waals surface area contributed by atoms with Crippen molar-refractivity contribution in [2.45, 2.75) is 11.4 Å². The number of anilines is 1. The van der Waals surface area contributed by atoms with E-state index in [9.17, 15) is 17.6 Å². The Morgan fingerprint density at radius 2 is 1.62 bits per heavy atom. The quantitative estimate of drug-likeness (QED) is 0.556.